The van der Waals surface area contributed by atoms with E-state index in [0.717, 1.165) is 16.8 Å². The van der Waals surface area contributed by atoms with Crippen molar-refractivity contribution in [3.63, 3.8) is 0 Å². The van der Waals surface area contributed by atoms with Gasteiger partial charge in [-0.1, -0.05) is 42.5 Å². The van der Waals surface area contributed by atoms with Crippen LogP contribution in [0.4, 0.5) is 10.1 Å². The number of hydrogen-bond donors (Lipinski definition) is 1. The smallest absolute Gasteiger partial charge is 0.313 e. The molecule has 2 aromatic carbocycles. The van der Waals surface area contributed by atoms with Gasteiger partial charge < -0.3 is 14.7 Å². The highest BCUT2D eigenvalue weighted by Crippen LogP contribution is 2.46. The third-order valence-electron chi connectivity index (χ3n) is 5.53. The van der Waals surface area contributed by atoms with E-state index in [9.17, 15) is 19.1 Å². The highest BCUT2D eigenvalue weighted by Gasteiger charge is 2.38. The zero-order valence-electron chi connectivity index (χ0n) is 18.0. The highest BCUT2D eigenvalue weighted by molar-refractivity contribution is 5.95. The molecule has 6 heteroatoms. The molecule has 3 atom stereocenters. The fourth-order valence-electron chi connectivity index (χ4n) is 4.21. The number of para-hydroxylation sites is 1. The minimum Gasteiger partial charge on any atom is -0.469 e. The Hall–Kier alpha value is -2.99. The Morgan fingerprint density at radius 1 is 1.16 bits per heavy atom. The van der Waals surface area contributed by atoms with Crippen LogP contribution in [0.2, 0.25) is 0 Å². The van der Waals surface area contributed by atoms with Crippen molar-refractivity contribution >= 4 is 17.4 Å². The van der Waals surface area contributed by atoms with Crippen LogP contribution in [0.3, 0.4) is 0 Å². The number of Topliss-reactive ketones (excluding diaryl/α,β-unsaturated/α-hetero) is 1. The molecule has 0 fully saturated rings. The second-order valence-corrected chi connectivity index (χ2v) is 8.03. The first-order valence-electron chi connectivity index (χ1n) is 10.4. The molecular formula is C25H28FNO4. The van der Waals surface area contributed by atoms with Gasteiger partial charge in [0.2, 0.25) is 0 Å². The summed E-state index contributed by atoms with van der Waals surface area (Å²) >= 11 is 0. The normalized spacial score (nSPS) is 19.0. The number of aliphatic hydroxyl groups excluding tert-OH is 1. The lowest BCUT2D eigenvalue weighted by atomic mass is 9.87. The summed E-state index contributed by atoms with van der Waals surface area (Å²) in [6, 6.07) is 14.7. The van der Waals surface area contributed by atoms with Gasteiger partial charge in [-0.2, -0.15) is 0 Å². The van der Waals surface area contributed by atoms with E-state index < -0.39 is 12.1 Å². The summed E-state index contributed by atoms with van der Waals surface area (Å²) in [7, 11) is 1.22. The molecule has 0 bridgehead atoms. The van der Waals surface area contributed by atoms with Gasteiger partial charge in [0.25, 0.3) is 0 Å². The number of hydrogen-bond acceptors (Lipinski definition) is 5. The maximum atomic E-state index is 13.5. The minimum atomic E-state index is -1.01. The topological polar surface area (TPSA) is 66.8 Å². The van der Waals surface area contributed by atoms with Gasteiger partial charge in [-0.3, -0.25) is 9.59 Å². The van der Waals surface area contributed by atoms with Crippen LogP contribution < -0.4 is 4.90 Å². The van der Waals surface area contributed by atoms with Gasteiger partial charge in [-0.15, -0.1) is 0 Å². The molecule has 0 saturated heterocycles. The maximum Gasteiger partial charge on any atom is 0.313 e. The van der Waals surface area contributed by atoms with Gasteiger partial charge in [0, 0.05) is 24.1 Å². The molecule has 1 N–H and O–H groups in total. The van der Waals surface area contributed by atoms with E-state index in [1.165, 1.54) is 19.2 Å². The van der Waals surface area contributed by atoms with E-state index in [1.807, 2.05) is 18.2 Å². The monoisotopic (exact) mass is 425 g/mol. The average molecular weight is 426 g/mol. The predicted octanol–water partition coefficient (Wildman–Crippen LogP) is 3.99. The summed E-state index contributed by atoms with van der Waals surface area (Å²) in [6.45, 7) is 4.20. The molecule has 0 spiro atoms. The van der Waals surface area contributed by atoms with Crippen molar-refractivity contribution < 1.29 is 23.8 Å². The Morgan fingerprint density at radius 2 is 1.84 bits per heavy atom. The van der Waals surface area contributed by atoms with Crippen LogP contribution in [0.15, 0.2) is 60.7 Å². The molecule has 0 unspecified atom stereocenters. The molecule has 5 nitrogen and oxygen atoms in total. The van der Waals surface area contributed by atoms with E-state index >= 15 is 0 Å². The number of anilines is 1. The Morgan fingerprint density at radius 3 is 2.48 bits per heavy atom. The standard InChI is InChI=1S/C25H28FNO4/c1-16(2)27-22-7-5-4-6-21(22)25(17-8-10-18(26)11-9-17)23(27)13-12-19(28)14-20(29)15-24(30)31-3/h4-13,16,19,23,25,28H,14-15H2,1-3H3/b13-12-/t19-,23+,25-/m0/s1. The number of carbonyl (C=O) groups excluding carboxylic acids is 2. The van der Waals surface area contributed by atoms with Crippen LogP contribution in [-0.4, -0.2) is 42.2 Å². The Balaban J connectivity index is 1.89. The number of nitrogens with zero attached hydrogens (tertiary/aromatic N) is 1. The number of esters is 1. The molecule has 0 amide bonds. The first kappa shape index (κ1) is 22.7. The second-order valence-electron chi connectivity index (χ2n) is 8.03. The molecule has 0 aromatic heterocycles. The fourth-order valence-corrected chi connectivity index (χ4v) is 4.21. The molecular weight excluding hydrogens is 397 g/mol. The predicted molar refractivity (Wildman–Crippen MR) is 117 cm³/mol. The summed E-state index contributed by atoms with van der Waals surface area (Å²) < 4.78 is 18.0. The van der Waals surface area contributed by atoms with Gasteiger partial charge in [0.1, 0.15) is 18.0 Å². The SMILES string of the molecule is COC(=O)CC(=O)C[C@@H](O)/C=C\[C@@H]1[C@@H](c2ccc(F)cc2)c2ccccc2N1C(C)C. The third kappa shape index (κ3) is 5.20. The van der Waals surface area contributed by atoms with Crippen LogP contribution in [-0.2, 0) is 14.3 Å². The number of aliphatic hydroxyl groups is 1. The van der Waals surface area contributed by atoms with Crippen molar-refractivity contribution in [2.24, 2.45) is 0 Å². The molecule has 1 aliphatic heterocycles. The first-order valence-corrected chi connectivity index (χ1v) is 10.4. The van der Waals surface area contributed by atoms with Crippen molar-refractivity contribution in [3.05, 3.63) is 77.6 Å². The number of benzene rings is 2. The maximum absolute atomic E-state index is 13.5. The molecule has 0 radical (unpaired) electrons. The number of halogens is 1. The van der Waals surface area contributed by atoms with Crippen LogP contribution in [0, 0.1) is 5.82 Å². The summed E-state index contributed by atoms with van der Waals surface area (Å²) in [6.07, 6.45) is 1.99. The molecule has 2 aromatic rings. The van der Waals surface area contributed by atoms with Crippen LogP contribution in [0.1, 0.15) is 43.7 Å². The highest BCUT2D eigenvalue weighted by atomic mass is 19.1. The van der Waals surface area contributed by atoms with Crippen LogP contribution >= 0.6 is 0 Å². The zero-order chi connectivity index (χ0) is 22.5. The number of carbonyl (C=O) groups is 2. The van der Waals surface area contributed by atoms with Gasteiger partial charge in [-0.05, 0) is 43.2 Å². The lowest BCUT2D eigenvalue weighted by Crippen LogP contribution is -2.38. The van der Waals surface area contributed by atoms with Crippen molar-refractivity contribution in [1.29, 1.82) is 0 Å². The second kappa shape index (κ2) is 9.88. The van der Waals surface area contributed by atoms with Crippen molar-refractivity contribution in [2.45, 2.75) is 50.8 Å². The van der Waals surface area contributed by atoms with E-state index in [1.54, 1.807) is 18.2 Å². The molecule has 3 rings (SSSR count). The third-order valence-corrected chi connectivity index (χ3v) is 5.53. The number of methoxy groups -OCH3 is 1. The molecule has 1 heterocycles. The van der Waals surface area contributed by atoms with Gasteiger partial charge in [-0.25, -0.2) is 4.39 Å². The van der Waals surface area contributed by atoms with Crippen molar-refractivity contribution in [1.82, 2.24) is 0 Å². The van der Waals surface area contributed by atoms with E-state index in [-0.39, 0.29) is 42.4 Å². The lowest BCUT2D eigenvalue weighted by Gasteiger charge is -2.32. The first-order chi connectivity index (χ1) is 14.8. The van der Waals surface area contributed by atoms with Gasteiger partial charge in [0.05, 0.1) is 19.3 Å². The number of fused-ring (bicyclic) bond motifs is 1. The van der Waals surface area contributed by atoms with E-state index in [2.05, 4.69) is 35.6 Å². The largest absolute Gasteiger partial charge is 0.469 e. The zero-order valence-corrected chi connectivity index (χ0v) is 18.0. The minimum absolute atomic E-state index is 0.0478. The summed E-state index contributed by atoms with van der Waals surface area (Å²) in [5.41, 5.74) is 3.20. The number of ketones is 1. The fraction of sp³-hybridized carbons (Fsp3) is 0.360. The Bertz CT molecular complexity index is 954. The molecule has 31 heavy (non-hydrogen) atoms. The summed E-state index contributed by atoms with van der Waals surface area (Å²) in [5.74, 6) is -1.33. The quantitative estimate of drug-likeness (QED) is 0.394. The van der Waals surface area contributed by atoms with Crippen molar-refractivity contribution in [3.8, 4) is 0 Å². The van der Waals surface area contributed by atoms with Crippen LogP contribution in [0.5, 0.6) is 0 Å². The van der Waals surface area contributed by atoms with E-state index in [0.29, 0.717) is 0 Å². The van der Waals surface area contributed by atoms with Gasteiger partial charge in [0.15, 0.2) is 0 Å². The van der Waals surface area contributed by atoms with Crippen molar-refractivity contribution in [2.75, 3.05) is 12.0 Å². The summed E-state index contributed by atoms with van der Waals surface area (Å²) in [4.78, 5) is 25.5. The van der Waals surface area contributed by atoms with Crippen LogP contribution in [0.25, 0.3) is 0 Å². The Kier molecular flexibility index (Phi) is 7.23. The molecule has 1 aliphatic rings. The Labute approximate surface area is 182 Å². The molecule has 164 valence electrons. The molecule has 0 saturated carbocycles. The number of rotatable bonds is 8. The summed E-state index contributed by atoms with van der Waals surface area (Å²) in [5, 5.41) is 10.4. The van der Waals surface area contributed by atoms with E-state index in [4.69, 9.17) is 0 Å². The average Bonchev–Trinajstić information content (AvgIpc) is 3.07. The van der Waals surface area contributed by atoms with Gasteiger partial charge >= 0.3 is 5.97 Å². The lowest BCUT2D eigenvalue weighted by molar-refractivity contribution is -0.143. The molecule has 0 aliphatic carbocycles. The number of ether oxygens (including phenoxy) is 1.